The Kier molecular flexibility index (Phi) is 7.15. The van der Waals surface area contributed by atoms with Gasteiger partial charge in [-0.05, 0) is 44.0 Å². The van der Waals surface area contributed by atoms with Crippen LogP contribution in [0, 0.1) is 0 Å². The number of esters is 2. The van der Waals surface area contributed by atoms with Crippen molar-refractivity contribution in [3.8, 4) is 0 Å². The summed E-state index contributed by atoms with van der Waals surface area (Å²) in [6, 6.07) is 11.3. The quantitative estimate of drug-likeness (QED) is 0.671. The van der Waals surface area contributed by atoms with E-state index < -0.39 is 11.5 Å². The van der Waals surface area contributed by atoms with Gasteiger partial charge in [-0.2, -0.15) is 0 Å². The summed E-state index contributed by atoms with van der Waals surface area (Å²) in [6.45, 7) is 4.55. The summed E-state index contributed by atoms with van der Waals surface area (Å²) in [7, 11) is 3.46. The first-order chi connectivity index (χ1) is 14.5. The van der Waals surface area contributed by atoms with Crippen molar-refractivity contribution in [2.45, 2.75) is 31.7 Å². The molecular formula is C23H31N3O4. The lowest BCUT2D eigenvalue weighted by molar-refractivity contribution is -0.147. The lowest BCUT2D eigenvalue weighted by Gasteiger charge is -2.41. The zero-order valence-corrected chi connectivity index (χ0v) is 18.0. The Hall–Kier alpha value is -2.80. The van der Waals surface area contributed by atoms with Crippen molar-refractivity contribution in [3.63, 3.8) is 0 Å². The number of aromatic nitrogens is 1. The van der Waals surface area contributed by atoms with Gasteiger partial charge in [0.15, 0.2) is 0 Å². The maximum absolute atomic E-state index is 12.8. The average Bonchev–Trinajstić information content (AvgIpc) is 3.18. The molecule has 1 aliphatic heterocycles. The van der Waals surface area contributed by atoms with Crippen LogP contribution in [0.15, 0.2) is 42.6 Å². The van der Waals surface area contributed by atoms with Crippen LogP contribution >= 0.6 is 0 Å². The number of ether oxygens (including phenoxy) is 2. The number of nitrogens with one attached hydrogen (secondary N) is 1. The van der Waals surface area contributed by atoms with Crippen molar-refractivity contribution in [2.75, 3.05) is 38.7 Å². The van der Waals surface area contributed by atoms with E-state index in [2.05, 4.69) is 40.2 Å². The van der Waals surface area contributed by atoms with Crippen molar-refractivity contribution in [2.24, 2.45) is 7.05 Å². The van der Waals surface area contributed by atoms with E-state index in [9.17, 15) is 9.59 Å². The van der Waals surface area contributed by atoms with Crippen molar-refractivity contribution >= 4 is 17.6 Å². The fraction of sp³-hybridized carbons (Fsp3) is 0.478. The highest BCUT2D eigenvalue weighted by atomic mass is 16.5. The van der Waals surface area contributed by atoms with Gasteiger partial charge in [-0.1, -0.05) is 12.1 Å². The summed E-state index contributed by atoms with van der Waals surface area (Å²) in [4.78, 5) is 27.5. The Labute approximate surface area is 178 Å². The lowest BCUT2D eigenvalue weighted by atomic mass is 9.86. The number of carbonyl (C=O) groups is 2. The molecule has 0 saturated carbocycles. The lowest BCUT2D eigenvalue weighted by Crippen LogP contribution is -2.55. The van der Waals surface area contributed by atoms with E-state index in [1.54, 1.807) is 25.1 Å². The van der Waals surface area contributed by atoms with Gasteiger partial charge in [0.05, 0.1) is 19.3 Å². The second-order valence-corrected chi connectivity index (χ2v) is 7.67. The van der Waals surface area contributed by atoms with Gasteiger partial charge < -0.3 is 24.3 Å². The number of hydrogen-bond donors (Lipinski definition) is 1. The summed E-state index contributed by atoms with van der Waals surface area (Å²) >= 11 is 0. The molecule has 2 heterocycles. The largest absolute Gasteiger partial charge is 0.467 e. The molecule has 0 bridgehead atoms. The SMILES string of the molecule is CCOC(=O)c1ccccc1NC1(C(=O)OC)CCN(CCc2cccn2C)CC1. The molecule has 30 heavy (non-hydrogen) atoms. The molecular weight excluding hydrogens is 382 g/mol. The van der Waals surface area contributed by atoms with Gasteiger partial charge in [-0.15, -0.1) is 0 Å². The topological polar surface area (TPSA) is 72.8 Å². The van der Waals surface area contributed by atoms with Crippen LogP contribution in [-0.2, 0) is 27.7 Å². The Morgan fingerprint density at radius 3 is 2.50 bits per heavy atom. The molecule has 0 aliphatic carbocycles. The third-order valence-electron chi connectivity index (χ3n) is 5.82. The van der Waals surface area contributed by atoms with Gasteiger partial charge in [-0.25, -0.2) is 9.59 Å². The first-order valence-corrected chi connectivity index (χ1v) is 10.4. The molecule has 7 heteroatoms. The molecule has 0 radical (unpaired) electrons. The first-order valence-electron chi connectivity index (χ1n) is 10.4. The highest BCUT2D eigenvalue weighted by Crippen LogP contribution is 2.30. The summed E-state index contributed by atoms with van der Waals surface area (Å²) in [6.07, 6.45) is 4.22. The number of para-hydroxylation sites is 1. The monoisotopic (exact) mass is 413 g/mol. The van der Waals surface area contributed by atoms with Crippen molar-refractivity contribution < 1.29 is 19.1 Å². The number of rotatable bonds is 8. The fourth-order valence-corrected chi connectivity index (χ4v) is 4.00. The number of methoxy groups -OCH3 is 1. The Morgan fingerprint density at radius 1 is 1.13 bits per heavy atom. The molecule has 1 aromatic carbocycles. The van der Waals surface area contributed by atoms with Crippen molar-refractivity contribution in [1.29, 1.82) is 0 Å². The third kappa shape index (κ3) is 4.84. The second kappa shape index (κ2) is 9.80. The molecule has 3 rings (SSSR count). The Balaban J connectivity index is 1.71. The molecule has 7 nitrogen and oxygen atoms in total. The van der Waals surface area contributed by atoms with Gasteiger partial charge in [0.25, 0.3) is 0 Å². The molecule has 2 aromatic rings. The predicted molar refractivity (Wildman–Crippen MR) is 116 cm³/mol. The van der Waals surface area contributed by atoms with Crippen LogP contribution in [0.1, 0.15) is 35.8 Å². The summed E-state index contributed by atoms with van der Waals surface area (Å²) < 4.78 is 12.4. The number of carbonyl (C=O) groups excluding carboxylic acids is 2. The minimum Gasteiger partial charge on any atom is -0.467 e. The number of benzene rings is 1. The number of hydrogen-bond acceptors (Lipinski definition) is 6. The maximum atomic E-state index is 12.8. The van der Waals surface area contributed by atoms with E-state index in [0.717, 1.165) is 26.1 Å². The zero-order chi connectivity index (χ0) is 21.6. The molecule has 1 aromatic heterocycles. The second-order valence-electron chi connectivity index (χ2n) is 7.67. The minimum atomic E-state index is -0.862. The highest BCUT2D eigenvalue weighted by Gasteiger charge is 2.43. The standard InChI is InChI=1S/C23H31N3O4/c1-4-30-21(27)19-9-5-6-10-20(19)24-23(22(28)29-3)12-16-26(17-13-23)15-11-18-8-7-14-25(18)2/h5-10,14,24H,4,11-13,15-17H2,1-3H3. The highest BCUT2D eigenvalue weighted by molar-refractivity contribution is 5.97. The van der Waals surface area contributed by atoms with E-state index in [-0.39, 0.29) is 5.97 Å². The van der Waals surface area contributed by atoms with E-state index in [1.165, 1.54) is 12.8 Å². The average molecular weight is 414 g/mol. The van der Waals surface area contributed by atoms with E-state index in [4.69, 9.17) is 9.47 Å². The molecule has 0 atom stereocenters. The molecule has 162 valence electrons. The first kappa shape index (κ1) is 21.9. The third-order valence-corrected chi connectivity index (χ3v) is 5.82. The normalized spacial score (nSPS) is 16.1. The molecule has 1 fully saturated rings. The zero-order valence-electron chi connectivity index (χ0n) is 18.0. The number of aryl methyl sites for hydroxylation is 1. The molecule has 1 aliphatic rings. The van der Waals surface area contributed by atoms with Gasteiger partial charge in [0, 0.05) is 50.7 Å². The number of anilines is 1. The van der Waals surface area contributed by atoms with Gasteiger partial charge >= 0.3 is 11.9 Å². The van der Waals surface area contributed by atoms with Gasteiger partial charge in [-0.3, -0.25) is 0 Å². The smallest absolute Gasteiger partial charge is 0.340 e. The van der Waals surface area contributed by atoms with Crippen LogP contribution in [0.3, 0.4) is 0 Å². The Bertz CT molecular complexity index is 869. The van der Waals surface area contributed by atoms with Crippen LogP contribution in [0.2, 0.25) is 0 Å². The molecule has 0 amide bonds. The molecule has 1 saturated heterocycles. The summed E-state index contributed by atoms with van der Waals surface area (Å²) in [5.74, 6) is -0.705. The number of piperidine rings is 1. The van der Waals surface area contributed by atoms with E-state index >= 15 is 0 Å². The minimum absolute atomic E-state index is 0.297. The molecule has 0 spiro atoms. The van der Waals surface area contributed by atoms with Crippen LogP contribution in [-0.4, -0.2) is 60.3 Å². The van der Waals surface area contributed by atoms with Crippen LogP contribution in [0.25, 0.3) is 0 Å². The summed E-state index contributed by atoms with van der Waals surface area (Å²) in [5.41, 5.74) is 1.45. The molecule has 0 unspecified atom stereocenters. The van der Waals surface area contributed by atoms with Crippen LogP contribution < -0.4 is 5.32 Å². The summed E-state index contributed by atoms with van der Waals surface area (Å²) in [5, 5.41) is 3.35. The van der Waals surface area contributed by atoms with Gasteiger partial charge in [0.1, 0.15) is 5.54 Å². The molecule has 1 N–H and O–H groups in total. The van der Waals surface area contributed by atoms with E-state index in [0.29, 0.717) is 30.7 Å². The van der Waals surface area contributed by atoms with Crippen LogP contribution in [0.5, 0.6) is 0 Å². The van der Waals surface area contributed by atoms with E-state index in [1.807, 2.05) is 6.07 Å². The predicted octanol–water partition coefficient (Wildman–Crippen LogP) is 2.86. The number of likely N-dealkylation sites (tertiary alicyclic amines) is 1. The fourth-order valence-electron chi connectivity index (χ4n) is 4.00. The maximum Gasteiger partial charge on any atom is 0.340 e. The van der Waals surface area contributed by atoms with Crippen molar-refractivity contribution in [1.82, 2.24) is 9.47 Å². The number of nitrogens with zero attached hydrogens (tertiary/aromatic N) is 2. The van der Waals surface area contributed by atoms with Crippen LogP contribution in [0.4, 0.5) is 5.69 Å². The van der Waals surface area contributed by atoms with Gasteiger partial charge in [0.2, 0.25) is 0 Å². The Morgan fingerprint density at radius 2 is 1.87 bits per heavy atom. The van der Waals surface area contributed by atoms with Crippen molar-refractivity contribution in [3.05, 3.63) is 53.9 Å².